The highest BCUT2D eigenvalue weighted by atomic mass is 16.5. The second-order valence-corrected chi connectivity index (χ2v) is 10.5. The molecule has 0 aliphatic carbocycles. The van der Waals surface area contributed by atoms with Gasteiger partial charge in [0.05, 0.1) is 25.6 Å². The van der Waals surface area contributed by atoms with Gasteiger partial charge in [-0.3, -0.25) is 4.90 Å². The number of methoxy groups -OCH3 is 2. The lowest BCUT2D eigenvalue weighted by Crippen LogP contribution is -2.26. The van der Waals surface area contributed by atoms with Gasteiger partial charge in [-0.2, -0.15) is 0 Å². The van der Waals surface area contributed by atoms with Gasteiger partial charge < -0.3 is 14.0 Å². The third kappa shape index (κ3) is 6.95. The lowest BCUT2D eigenvalue weighted by atomic mass is 10.1. The lowest BCUT2D eigenvalue weighted by molar-refractivity contribution is 0.242. The number of aromatic nitrogens is 2. The molecule has 0 amide bonds. The van der Waals surface area contributed by atoms with Crippen molar-refractivity contribution in [2.45, 2.75) is 72.5 Å². The van der Waals surface area contributed by atoms with E-state index < -0.39 is 0 Å². The molecule has 5 heteroatoms. The topological polar surface area (TPSA) is 39.5 Å². The number of rotatable bonds is 15. The standard InChI is InChI=1S/C35H45N3O2/c1-6-8-16-24-38-31(33(28-17-12-10-13-18-28)36-35(38)29-19-14-11-15-20-29)26-37(23-9-7-2)25-30-21-22-32(39-4)27(3)34(30)40-5/h10-15,17-22H,6-9,16,23-26H2,1-5H3. The van der Waals surface area contributed by atoms with Crippen LogP contribution < -0.4 is 9.47 Å². The molecular formula is C35H45N3O2. The highest BCUT2D eigenvalue weighted by Crippen LogP contribution is 2.34. The molecule has 1 aromatic heterocycles. The maximum absolute atomic E-state index is 5.89. The SMILES string of the molecule is CCCCCn1c(-c2ccccc2)nc(-c2ccccc2)c1CN(CCCC)Cc1ccc(OC)c(C)c1OC. The minimum Gasteiger partial charge on any atom is -0.496 e. The van der Waals surface area contributed by atoms with Crippen LogP contribution in [0.1, 0.15) is 62.8 Å². The Morgan fingerprint density at radius 2 is 1.43 bits per heavy atom. The second-order valence-electron chi connectivity index (χ2n) is 10.5. The Labute approximate surface area is 240 Å². The smallest absolute Gasteiger partial charge is 0.140 e. The van der Waals surface area contributed by atoms with E-state index in [0.29, 0.717) is 0 Å². The molecule has 3 aromatic carbocycles. The van der Waals surface area contributed by atoms with Crippen molar-refractivity contribution in [3.8, 4) is 34.1 Å². The van der Waals surface area contributed by atoms with Gasteiger partial charge in [-0.1, -0.05) is 99.8 Å². The van der Waals surface area contributed by atoms with Crippen molar-refractivity contribution in [1.29, 1.82) is 0 Å². The van der Waals surface area contributed by atoms with Crippen molar-refractivity contribution >= 4 is 0 Å². The second kappa shape index (κ2) is 14.7. The van der Waals surface area contributed by atoms with E-state index in [4.69, 9.17) is 14.5 Å². The van der Waals surface area contributed by atoms with E-state index in [1.165, 1.54) is 24.1 Å². The molecule has 0 saturated carbocycles. The number of ether oxygens (including phenoxy) is 2. The Balaban J connectivity index is 1.81. The fourth-order valence-electron chi connectivity index (χ4n) is 5.45. The van der Waals surface area contributed by atoms with Gasteiger partial charge in [0, 0.05) is 41.9 Å². The molecule has 40 heavy (non-hydrogen) atoms. The summed E-state index contributed by atoms with van der Waals surface area (Å²) in [6.45, 7) is 10.2. The van der Waals surface area contributed by atoms with E-state index in [9.17, 15) is 0 Å². The van der Waals surface area contributed by atoms with Crippen LogP contribution in [0, 0.1) is 6.92 Å². The minimum absolute atomic E-state index is 0.795. The zero-order valence-electron chi connectivity index (χ0n) is 25.0. The summed E-state index contributed by atoms with van der Waals surface area (Å²) in [6, 6.07) is 25.5. The Morgan fingerprint density at radius 3 is 2.05 bits per heavy atom. The summed E-state index contributed by atoms with van der Waals surface area (Å²) < 4.78 is 14.0. The van der Waals surface area contributed by atoms with Crippen molar-refractivity contribution in [2.24, 2.45) is 0 Å². The molecule has 0 aliphatic rings. The largest absolute Gasteiger partial charge is 0.496 e. The first-order valence-electron chi connectivity index (χ1n) is 14.7. The van der Waals surface area contributed by atoms with Gasteiger partial charge >= 0.3 is 0 Å². The third-order valence-corrected chi connectivity index (χ3v) is 7.59. The highest BCUT2D eigenvalue weighted by Gasteiger charge is 2.23. The summed E-state index contributed by atoms with van der Waals surface area (Å²) in [7, 11) is 3.47. The molecule has 0 spiro atoms. The normalized spacial score (nSPS) is 11.2. The van der Waals surface area contributed by atoms with Gasteiger partial charge in [0.2, 0.25) is 0 Å². The summed E-state index contributed by atoms with van der Waals surface area (Å²) >= 11 is 0. The molecule has 0 N–H and O–H groups in total. The number of unbranched alkanes of at least 4 members (excludes halogenated alkanes) is 3. The van der Waals surface area contributed by atoms with Crippen molar-refractivity contribution < 1.29 is 9.47 Å². The third-order valence-electron chi connectivity index (χ3n) is 7.59. The van der Waals surface area contributed by atoms with Crippen LogP contribution in [-0.4, -0.2) is 35.2 Å². The molecule has 1 heterocycles. The molecule has 4 aromatic rings. The molecule has 0 aliphatic heterocycles. The Bertz CT molecular complexity index is 1330. The summed E-state index contributed by atoms with van der Waals surface area (Å²) in [5.74, 6) is 2.82. The number of hydrogen-bond donors (Lipinski definition) is 0. The predicted molar refractivity (Wildman–Crippen MR) is 166 cm³/mol. The average Bonchev–Trinajstić information content (AvgIpc) is 3.35. The van der Waals surface area contributed by atoms with Crippen molar-refractivity contribution in [3.05, 3.63) is 89.6 Å². The first-order chi connectivity index (χ1) is 19.6. The molecule has 5 nitrogen and oxygen atoms in total. The summed E-state index contributed by atoms with van der Waals surface area (Å²) in [4.78, 5) is 7.89. The van der Waals surface area contributed by atoms with Gasteiger partial charge in [-0.05, 0) is 32.4 Å². The van der Waals surface area contributed by atoms with Gasteiger partial charge in [0.15, 0.2) is 0 Å². The van der Waals surface area contributed by atoms with Crippen molar-refractivity contribution in [1.82, 2.24) is 14.5 Å². The van der Waals surface area contributed by atoms with Crippen LogP contribution in [0.4, 0.5) is 0 Å². The van der Waals surface area contributed by atoms with Crippen LogP contribution in [0.5, 0.6) is 11.5 Å². The van der Waals surface area contributed by atoms with Gasteiger partial charge in [0.1, 0.15) is 17.3 Å². The number of hydrogen-bond acceptors (Lipinski definition) is 4. The maximum atomic E-state index is 5.89. The minimum atomic E-state index is 0.795. The monoisotopic (exact) mass is 539 g/mol. The van der Waals surface area contributed by atoms with Crippen LogP contribution in [0.3, 0.4) is 0 Å². The van der Waals surface area contributed by atoms with E-state index in [2.05, 4.69) is 103 Å². The van der Waals surface area contributed by atoms with E-state index in [0.717, 1.165) is 85.1 Å². The van der Waals surface area contributed by atoms with Crippen molar-refractivity contribution in [3.63, 3.8) is 0 Å². The highest BCUT2D eigenvalue weighted by molar-refractivity contribution is 5.68. The maximum Gasteiger partial charge on any atom is 0.140 e. The van der Waals surface area contributed by atoms with E-state index in [1.807, 2.05) is 0 Å². The fraction of sp³-hybridized carbons (Fsp3) is 0.400. The molecule has 0 bridgehead atoms. The Morgan fingerprint density at radius 1 is 0.750 bits per heavy atom. The number of benzene rings is 3. The van der Waals surface area contributed by atoms with Crippen LogP contribution in [0.15, 0.2) is 72.8 Å². The fourth-order valence-corrected chi connectivity index (χ4v) is 5.45. The molecule has 0 unspecified atom stereocenters. The lowest BCUT2D eigenvalue weighted by Gasteiger charge is -2.26. The zero-order valence-corrected chi connectivity index (χ0v) is 25.0. The summed E-state index contributed by atoms with van der Waals surface area (Å²) in [5.41, 5.74) is 6.90. The molecule has 4 rings (SSSR count). The molecule has 0 atom stereocenters. The Kier molecular flexibility index (Phi) is 10.8. The van der Waals surface area contributed by atoms with E-state index in [1.54, 1.807) is 14.2 Å². The van der Waals surface area contributed by atoms with Gasteiger partial charge in [0.25, 0.3) is 0 Å². The Hall–Kier alpha value is -3.57. The molecule has 212 valence electrons. The quantitative estimate of drug-likeness (QED) is 0.142. The average molecular weight is 540 g/mol. The zero-order chi connectivity index (χ0) is 28.3. The van der Waals surface area contributed by atoms with E-state index in [-0.39, 0.29) is 0 Å². The van der Waals surface area contributed by atoms with Gasteiger partial charge in [-0.25, -0.2) is 4.98 Å². The number of imidazole rings is 1. The van der Waals surface area contributed by atoms with E-state index >= 15 is 0 Å². The van der Waals surface area contributed by atoms with Gasteiger partial charge in [-0.15, -0.1) is 0 Å². The first kappa shape index (κ1) is 29.4. The molecular weight excluding hydrogens is 494 g/mol. The molecule has 0 fully saturated rings. The van der Waals surface area contributed by atoms with Crippen LogP contribution in [0.2, 0.25) is 0 Å². The van der Waals surface area contributed by atoms with Crippen LogP contribution in [-0.2, 0) is 19.6 Å². The van der Waals surface area contributed by atoms with Crippen LogP contribution in [0.25, 0.3) is 22.6 Å². The first-order valence-corrected chi connectivity index (χ1v) is 14.7. The summed E-state index contributed by atoms with van der Waals surface area (Å²) in [5, 5.41) is 0. The molecule has 0 radical (unpaired) electrons. The summed E-state index contributed by atoms with van der Waals surface area (Å²) in [6.07, 6.45) is 5.80. The van der Waals surface area contributed by atoms with Crippen LogP contribution >= 0.6 is 0 Å². The van der Waals surface area contributed by atoms with Crippen molar-refractivity contribution in [2.75, 3.05) is 20.8 Å². The predicted octanol–water partition coefficient (Wildman–Crippen LogP) is 8.54. The molecule has 0 saturated heterocycles. The number of nitrogens with zero attached hydrogens (tertiary/aromatic N) is 3.